The van der Waals surface area contributed by atoms with Gasteiger partial charge in [0.25, 0.3) is 0 Å². The van der Waals surface area contributed by atoms with Gasteiger partial charge in [-0.15, -0.1) is 56.7 Å². The van der Waals surface area contributed by atoms with Gasteiger partial charge in [-0.05, 0) is 130 Å². The fourth-order valence-electron chi connectivity index (χ4n) is 21.4. The maximum absolute atomic E-state index is 5.60. The number of thiophene rings is 5. The Labute approximate surface area is 792 Å². The van der Waals surface area contributed by atoms with Gasteiger partial charge < -0.3 is 4.57 Å². The monoisotopic (exact) mass is 1810 g/mol. The molecule has 0 fully saturated rings. The number of nitrogens with zero attached hydrogens (tertiary/aromatic N) is 10. The number of hydrogen-bond acceptors (Lipinski definition) is 14. The van der Waals surface area contributed by atoms with Crippen LogP contribution in [-0.4, -0.2) is 34.5 Å². The highest BCUT2D eigenvalue weighted by molar-refractivity contribution is 7.28. The highest BCUT2D eigenvalue weighted by Gasteiger charge is 2.35. The van der Waals surface area contributed by atoms with Crippen molar-refractivity contribution in [3.8, 4) is 72.8 Å². The van der Waals surface area contributed by atoms with Crippen LogP contribution in [0.15, 0.2) is 413 Å². The number of fused-ring (bicyclic) bond motifs is 24. The van der Waals surface area contributed by atoms with Gasteiger partial charge >= 0.3 is 0 Å². The first-order valence-electron chi connectivity index (χ1n) is 45.2. The molecule has 10 nitrogen and oxygen atoms in total. The van der Waals surface area contributed by atoms with Crippen LogP contribution in [-0.2, 0) is 0 Å². The molecule has 0 atom stereocenters. The van der Waals surface area contributed by atoms with E-state index >= 15 is 0 Å². The summed E-state index contributed by atoms with van der Waals surface area (Å²) in [4.78, 5) is 39.5. The zero-order chi connectivity index (χ0) is 88.2. The molecule has 0 bridgehead atoms. The average Bonchev–Trinajstić information content (AvgIpc) is 1.71. The smallest absolute Gasteiger partial charge is 0.235 e. The topological polar surface area (TPSA) is 92.0 Å². The van der Waals surface area contributed by atoms with Crippen LogP contribution >= 0.6 is 56.7 Å². The Hall–Kier alpha value is -16.5. The summed E-state index contributed by atoms with van der Waals surface area (Å²) < 4.78 is 14.5. The summed E-state index contributed by atoms with van der Waals surface area (Å²) in [6.07, 6.45) is 0. The second kappa shape index (κ2) is 30.0. The molecule has 15 heteroatoms. The molecule has 628 valence electrons. The number of anilines is 9. The Balaban J connectivity index is 0.0000000987. The molecule has 0 N–H and O–H groups in total. The normalized spacial score (nSPS) is 12.5. The Morgan fingerprint density at radius 1 is 0.185 bits per heavy atom. The van der Waals surface area contributed by atoms with Gasteiger partial charge in [-0.25, -0.2) is 29.9 Å². The van der Waals surface area contributed by atoms with Crippen molar-refractivity contribution in [1.82, 2.24) is 34.5 Å². The minimum Gasteiger partial charge on any atom is -0.309 e. The zero-order valence-corrected chi connectivity index (χ0v) is 75.9. The first-order chi connectivity index (χ1) is 67.0. The first kappa shape index (κ1) is 76.2. The fraction of sp³-hybridized carbons (Fsp3) is 0. The lowest BCUT2D eigenvalue weighted by Crippen LogP contribution is -2.17. The Bertz CT molecular complexity index is 9920. The van der Waals surface area contributed by atoms with Gasteiger partial charge in [-0.1, -0.05) is 315 Å². The SMILES string of the molecule is c1ccc(-n2c3ccccc3c3c(-c4nc(N5c6ccccc6-c6cccc7cccc5c67)nc5c4sc4ccccc45)cccc32)cc1.c1ccc2c(c1)-c1cccc3cccc(c13)N2c1nc(-c2ccc3c(c2)sc2ccccc23)c2sc3ccccc3c2n1.c1ccc2c(c1)-c1cccc3cccc(c13)N2c1nc(-c2cccc3c2sc2ccccc23)c2sc3ccccc3c2n1. The van der Waals surface area contributed by atoms with E-state index in [1.165, 1.54) is 147 Å². The highest BCUT2D eigenvalue weighted by atomic mass is 32.1. The third kappa shape index (κ3) is 11.6. The number of aromatic nitrogens is 7. The molecule has 3 aliphatic rings. The van der Waals surface area contributed by atoms with Crippen LogP contribution in [0.1, 0.15) is 0 Å². The highest BCUT2D eigenvalue weighted by Crippen LogP contribution is 2.58. The summed E-state index contributed by atoms with van der Waals surface area (Å²) in [5, 5.41) is 18.4. The van der Waals surface area contributed by atoms with Crippen LogP contribution in [0.2, 0.25) is 0 Å². The van der Waals surface area contributed by atoms with Crippen LogP contribution in [0.25, 0.3) is 228 Å². The van der Waals surface area contributed by atoms with Crippen LogP contribution in [0.4, 0.5) is 52.0 Å². The molecule has 0 aliphatic carbocycles. The van der Waals surface area contributed by atoms with Gasteiger partial charge in [0.2, 0.25) is 17.8 Å². The second-order valence-corrected chi connectivity index (χ2v) is 39.8. The standard InChI is InChI=1S/C44H26N4S.2C38H21N3S2/c1-2-15-28(16-3-1)47-35-23-8-5-18-31(35)40-33(21-12-25-37(40)47)42-43-41(32-19-6-9-26-38(32)49-43)45-44(46-42)48-34-22-7-4-17-29(34)30-20-10-13-27-14-11-24-36(48)39(27)30;1-4-18-29-23(12-1)25-15-7-10-22-11-8-19-30(33(22)25)41(29)38-39-34-27-14-3-6-21-32(27)43-37(34)35(40-38)28-17-9-16-26-24-13-2-5-20-31(24)42-36(26)28;1-4-15-29-24(11-1)27-14-7-9-22-10-8-16-30(34(22)27)41(29)38-39-35(37-36(40-38)28-13-3-6-18-32(28)43-37)23-19-20-26-25-12-2-5-17-31(25)42-33(26)21-23/h1-26H;2*1-21H. The Kier molecular flexibility index (Phi) is 16.9. The van der Waals surface area contributed by atoms with Gasteiger partial charge in [0.05, 0.1) is 92.9 Å². The molecule has 0 radical (unpaired) electrons. The number of rotatable bonds is 7. The average molecular weight is 1810 g/mol. The van der Waals surface area contributed by atoms with Crippen LogP contribution in [0.5, 0.6) is 0 Å². The van der Waals surface area contributed by atoms with Gasteiger partial charge in [-0.3, -0.25) is 14.7 Å². The summed E-state index contributed by atoms with van der Waals surface area (Å²) in [5.41, 5.74) is 26.6. The van der Waals surface area contributed by atoms with Crippen molar-refractivity contribution in [2.75, 3.05) is 14.7 Å². The molecule has 0 saturated heterocycles. The zero-order valence-electron chi connectivity index (χ0n) is 71.8. The van der Waals surface area contributed by atoms with E-state index in [9.17, 15) is 0 Å². The van der Waals surface area contributed by atoms with E-state index in [0.29, 0.717) is 17.8 Å². The number of benzene rings is 19. The lowest BCUT2D eigenvalue weighted by Gasteiger charge is -2.32. The van der Waals surface area contributed by atoms with Crippen molar-refractivity contribution in [1.29, 1.82) is 0 Å². The fourth-order valence-corrected chi connectivity index (χ4v) is 27.2. The lowest BCUT2D eigenvalue weighted by molar-refractivity contribution is 1.12. The third-order valence-corrected chi connectivity index (χ3v) is 33.0. The predicted molar refractivity (Wildman–Crippen MR) is 575 cm³/mol. The van der Waals surface area contributed by atoms with Crippen molar-refractivity contribution < 1.29 is 0 Å². The summed E-state index contributed by atoms with van der Waals surface area (Å²) >= 11 is 9.02. The molecule has 9 aromatic heterocycles. The quantitative estimate of drug-likeness (QED) is 0.155. The van der Waals surface area contributed by atoms with Crippen molar-refractivity contribution in [2.24, 2.45) is 0 Å². The van der Waals surface area contributed by atoms with E-state index in [1.807, 2.05) is 22.7 Å². The maximum Gasteiger partial charge on any atom is 0.235 e. The van der Waals surface area contributed by atoms with Gasteiger partial charge in [0.15, 0.2) is 0 Å². The van der Waals surface area contributed by atoms with Crippen LogP contribution in [0, 0.1) is 0 Å². The van der Waals surface area contributed by atoms with E-state index in [2.05, 4.69) is 432 Å². The Morgan fingerprint density at radius 2 is 0.511 bits per heavy atom. The van der Waals surface area contributed by atoms with Gasteiger partial charge in [0, 0.05) is 137 Å². The van der Waals surface area contributed by atoms with Crippen molar-refractivity contribution in [3.05, 3.63) is 413 Å². The van der Waals surface area contributed by atoms with E-state index in [4.69, 9.17) is 29.9 Å². The molecular formula is C120H68N10S5. The van der Waals surface area contributed by atoms with E-state index in [0.717, 1.165) is 115 Å². The molecule has 0 saturated carbocycles. The molecule has 3 aliphatic heterocycles. The first-order valence-corrected chi connectivity index (χ1v) is 49.3. The summed E-state index contributed by atoms with van der Waals surface area (Å²) in [6.45, 7) is 0. The van der Waals surface area contributed by atoms with E-state index in [-0.39, 0.29) is 0 Å². The molecule has 28 aromatic rings. The van der Waals surface area contributed by atoms with Crippen molar-refractivity contribution >= 4 is 264 Å². The maximum atomic E-state index is 5.60. The minimum absolute atomic E-state index is 0.671. The molecule has 135 heavy (non-hydrogen) atoms. The Morgan fingerprint density at radius 3 is 1.01 bits per heavy atom. The van der Waals surface area contributed by atoms with Crippen LogP contribution in [0.3, 0.4) is 0 Å². The molecule has 19 aromatic carbocycles. The van der Waals surface area contributed by atoms with Crippen molar-refractivity contribution in [3.63, 3.8) is 0 Å². The lowest BCUT2D eigenvalue weighted by atomic mass is 9.91. The van der Waals surface area contributed by atoms with E-state index in [1.54, 1.807) is 34.0 Å². The van der Waals surface area contributed by atoms with Crippen LogP contribution < -0.4 is 14.7 Å². The minimum atomic E-state index is 0.671. The molecule has 12 heterocycles. The number of hydrogen-bond donors (Lipinski definition) is 0. The predicted octanol–water partition coefficient (Wildman–Crippen LogP) is 35.2. The molecular weight excluding hydrogens is 1740 g/mol. The van der Waals surface area contributed by atoms with Crippen molar-refractivity contribution in [2.45, 2.75) is 0 Å². The summed E-state index contributed by atoms with van der Waals surface area (Å²) in [7, 11) is 0. The van der Waals surface area contributed by atoms with Gasteiger partial charge in [0.1, 0.15) is 0 Å². The largest absolute Gasteiger partial charge is 0.309 e. The van der Waals surface area contributed by atoms with E-state index < -0.39 is 0 Å². The summed E-state index contributed by atoms with van der Waals surface area (Å²) in [6, 6.07) is 148. The molecule has 0 amide bonds. The molecule has 0 unspecified atom stereocenters. The number of para-hydroxylation sites is 5. The summed E-state index contributed by atoms with van der Waals surface area (Å²) in [5.74, 6) is 2.06. The second-order valence-electron chi connectivity index (χ2n) is 34.5. The molecule has 31 rings (SSSR count). The van der Waals surface area contributed by atoms with Gasteiger partial charge in [-0.2, -0.15) is 0 Å². The molecule has 0 spiro atoms. The third-order valence-electron chi connectivity index (χ3n) is 27.2.